The fourth-order valence-electron chi connectivity index (χ4n) is 2.26. The van der Waals surface area contributed by atoms with Gasteiger partial charge in [0.2, 0.25) is 15.9 Å². The average molecular weight is 415 g/mol. The Balaban J connectivity index is 1.92. The maximum atomic E-state index is 12.0. The molecule has 0 aromatic heterocycles. The first-order valence-electron chi connectivity index (χ1n) is 8.14. The zero-order chi connectivity index (χ0) is 19.2. The van der Waals surface area contributed by atoms with E-state index in [4.69, 9.17) is 23.2 Å². The largest absolute Gasteiger partial charge is 0.326 e. The Morgan fingerprint density at radius 2 is 1.65 bits per heavy atom. The maximum Gasteiger partial charge on any atom is 0.240 e. The molecule has 2 aromatic rings. The van der Waals surface area contributed by atoms with Gasteiger partial charge in [-0.15, -0.1) is 0 Å². The topological polar surface area (TPSA) is 75.3 Å². The lowest BCUT2D eigenvalue weighted by atomic mass is 10.1. The van der Waals surface area contributed by atoms with Gasteiger partial charge < -0.3 is 5.32 Å². The molecule has 140 valence electrons. The molecule has 0 aliphatic carbocycles. The van der Waals surface area contributed by atoms with Crippen LogP contribution in [0.3, 0.4) is 0 Å². The van der Waals surface area contributed by atoms with Gasteiger partial charge in [0, 0.05) is 28.7 Å². The highest BCUT2D eigenvalue weighted by Gasteiger charge is 2.12. The summed E-state index contributed by atoms with van der Waals surface area (Å²) in [5.74, 6) is -0.176. The van der Waals surface area contributed by atoms with Crippen LogP contribution in [0.4, 0.5) is 5.69 Å². The molecule has 0 bridgehead atoms. The molecule has 0 radical (unpaired) electrons. The minimum atomic E-state index is -3.47. The van der Waals surface area contributed by atoms with Crippen molar-refractivity contribution < 1.29 is 13.2 Å². The maximum absolute atomic E-state index is 12.0. The van der Waals surface area contributed by atoms with Crippen molar-refractivity contribution in [3.8, 4) is 0 Å². The number of hydrogen-bond donors (Lipinski definition) is 2. The highest BCUT2D eigenvalue weighted by Crippen LogP contribution is 2.22. The van der Waals surface area contributed by atoms with E-state index in [1.54, 1.807) is 42.5 Å². The third-order valence-corrected chi connectivity index (χ3v) is 5.48. The number of nitrogens with one attached hydrogen (secondary N) is 2. The van der Waals surface area contributed by atoms with E-state index in [1.807, 2.05) is 6.92 Å². The van der Waals surface area contributed by atoms with Crippen LogP contribution in [0.1, 0.15) is 25.3 Å². The number of anilines is 1. The summed E-state index contributed by atoms with van der Waals surface area (Å²) in [6.45, 7) is 2.30. The molecule has 0 spiro atoms. The van der Waals surface area contributed by atoms with E-state index in [0.717, 1.165) is 12.0 Å². The van der Waals surface area contributed by atoms with Gasteiger partial charge in [-0.05, 0) is 48.7 Å². The van der Waals surface area contributed by atoms with Gasteiger partial charge in [-0.25, -0.2) is 13.1 Å². The summed E-state index contributed by atoms with van der Waals surface area (Å²) >= 11 is 11.8. The summed E-state index contributed by atoms with van der Waals surface area (Å²) < 4.78 is 26.6. The normalized spacial score (nSPS) is 11.3. The predicted octanol–water partition coefficient (Wildman–Crippen LogP) is 4.25. The monoisotopic (exact) mass is 414 g/mol. The Morgan fingerprint density at radius 3 is 2.23 bits per heavy atom. The smallest absolute Gasteiger partial charge is 0.240 e. The number of carbonyl (C=O) groups is 1. The van der Waals surface area contributed by atoms with Crippen LogP contribution < -0.4 is 10.0 Å². The van der Waals surface area contributed by atoms with E-state index >= 15 is 0 Å². The molecule has 5 nitrogen and oxygen atoms in total. The first kappa shape index (κ1) is 20.7. The summed E-state index contributed by atoms with van der Waals surface area (Å²) in [5.41, 5.74) is 1.41. The van der Waals surface area contributed by atoms with Crippen molar-refractivity contribution in [2.75, 3.05) is 11.9 Å². The average Bonchev–Trinajstić information content (AvgIpc) is 2.57. The first-order chi connectivity index (χ1) is 12.3. The van der Waals surface area contributed by atoms with Crippen molar-refractivity contribution in [3.05, 3.63) is 58.1 Å². The van der Waals surface area contributed by atoms with Crippen molar-refractivity contribution in [3.63, 3.8) is 0 Å². The van der Waals surface area contributed by atoms with Crippen molar-refractivity contribution in [2.24, 2.45) is 0 Å². The predicted molar refractivity (Wildman–Crippen MR) is 105 cm³/mol. The molecule has 0 saturated heterocycles. The Bertz CT molecular complexity index is 848. The second-order valence-electron chi connectivity index (χ2n) is 5.75. The summed E-state index contributed by atoms with van der Waals surface area (Å²) in [6.07, 6.45) is 1.47. The molecule has 0 unspecified atom stereocenters. The van der Waals surface area contributed by atoms with E-state index in [2.05, 4.69) is 10.0 Å². The fourth-order valence-corrected chi connectivity index (χ4v) is 3.92. The number of carbonyl (C=O) groups excluding carboxylic acids is 1. The summed E-state index contributed by atoms with van der Waals surface area (Å²) in [6, 6.07) is 11.3. The lowest BCUT2D eigenvalue weighted by Gasteiger charge is -2.08. The Morgan fingerprint density at radius 1 is 1.04 bits per heavy atom. The second kappa shape index (κ2) is 9.37. The van der Waals surface area contributed by atoms with Crippen LogP contribution in [0.25, 0.3) is 0 Å². The lowest BCUT2D eigenvalue weighted by Crippen LogP contribution is -2.24. The standard InChI is InChI=1S/C18H20Cl2N2O3S/c1-2-9-21-26(24,25)17-6-3-13(4-7-17)5-8-18(23)22-16-11-14(19)10-15(20)12-16/h3-4,6-7,10-12,21H,2,5,8-9H2,1H3,(H,22,23). The fraction of sp³-hybridized carbons (Fsp3) is 0.278. The molecular weight excluding hydrogens is 395 g/mol. The van der Waals surface area contributed by atoms with Crippen LogP contribution >= 0.6 is 23.2 Å². The second-order valence-corrected chi connectivity index (χ2v) is 8.39. The number of benzene rings is 2. The Kier molecular flexibility index (Phi) is 7.46. The quantitative estimate of drug-likeness (QED) is 0.677. The SMILES string of the molecule is CCCNS(=O)(=O)c1ccc(CCC(=O)Nc2cc(Cl)cc(Cl)c2)cc1. The van der Waals surface area contributed by atoms with Gasteiger partial charge in [0.05, 0.1) is 4.90 Å². The van der Waals surface area contributed by atoms with E-state index in [0.29, 0.717) is 28.7 Å². The molecule has 2 N–H and O–H groups in total. The number of halogens is 2. The van der Waals surface area contributed by atoms with E-state index in [9.17, 15) is 13.2 Å². The van der Waals surface area contributed by atoms with Gasteiger partial charge in [0.1, 0.15) is 0 Å². The number of amides is 1. The van der Waals surface area contributed by atoms with Gasteiger partial charge in [-0.1, -0.05) is 42.3 Å². The lowest BCUT2D eigenvalue weighted by molar-refractivity contribution is -0.116. The molecule has 0 atom stereocenters. The number of aryl methyl sites for hydroxylation is 1. The summed E-state index contributed by atoms with van der Waals surface area (Å²) in [5, 5.41) is 3.63. The van der Waals surface area contributed by atoms with Crippen LogP contribution in [0, 0.1) is 0 Å². The van der Waals surface area contributed by atoms with Crippen molar-refractivity contribution in [1.29, 1.82) is 0 Å². The minimum absolute atomic E-state index is 0.176. The first-order valence-corrected chi connectivity index (χ1v) is 10.4. The Labute approximate surface area is 163 Å². The third kappa shape index (κ3) is 6.29. The zero-order valence-electron chi connectivity index (χ0n) is 14.3. The Hall–Kier alpha value is -1.60. The number of rotatable bonds is 8. The van der Waals surface area contributed by atoms with Gasteiger partial charge in [0.15, 0.2) is 0 Å². The van der Waals surface area contributed by atoms with Crippen LogP contribution in [-0.4, -0.2) is 20.9 Å². The number of hydrogen-bond acceptors (Lipinski definition) is 3. The molecule has 0 heterocycles. The molecular formula is C18H20Cl2N2O3S. The van der Waals surface area contributed by atoms with Crippen molar-refractivity contribution in [2.45, 2.75) is 31.1 Å². The highest BCUT2D eigenvalue weighted by molar-refractivity contribution is 7.89. The van der Waals surface area contributed by atoms with Crippen LogP contribution in [0.5, 0.6) is 0 Å². The van der Waals surface area contributed by atoms with Gasteiger partial charge >= 0.3 is 0 Å². The molecule has 8 heteroatoms. The molecule has 26 heavy (non-hydrogen) atoms. The molecule has 1 amide bonds. The molecule has 0 fully saturated rings. The zero-order valence-corrected chi connectivity index (χ0v) is 16.6. The van der Waals surface area contributed by atoms with E-state index in [1.165, 1.54) is 0 Å². The van der Waals surface area contributed by atoms with Crippen LogP contribution in [0.15, 0.2) is 47.4 Å². The summed E-state index contributed by atoms with van der Waals surface area (Å²) in [4.78, 5) is 12.3. The van der Waals surface area contributed by atoms with Crippen LogP contribution in [0.2, 0.25) is 10.0 Å². The van der Waals surface area contributed by atoms with Crippen LogP contribution in [-0.2, 0) is 21.2 Å². The molecule has 0 aliphatic heterocycles. The van der Waals surface area contributed by atoms with E-state index < -0.39 is 10.0 Å². The summed E-state index contributed by atoms with van der Waals surface area (Å²) in [7, 11) is -3.47. The minimum Gasteiger partial charge on any atom is -0.326 e. The molecule has 2 aromatic carbocycles. The van der Waals surface area contributed by atoms with Crippen molar-refractivity contribution >= 4 is 44.8 Å². The van der Waals surface area contributed by atoms with Gasteiger partial charge in [0.25, 0.3) is 0 Å². The van der Waals surface area contributed by atoms with Gasteiger partial charge in [-0.2, -0.15) is 0 Å². The molecule has 0 aliphatic rings. The third-order valence-electron chi connectivity index (χ3n) is 3.56. The number of sulfonamides is 1. The van der Waals surface area contributed by atoms with Gasteiger partial charge in [-0.3, -0.25) is 4.79 Å². The van der Waals surface area contributed by atoms with Crippen molar-refractivity contribution in [1.82, 2.24) is 4.72 Å². The molecule has 2 rings (SSSR count). The highest BCUT2D eigenvalue weighted by atomic mass is 35.5. The molecule has 0 saturated carbocycles. The van der Waals surface area contributed by atoms with E-state index in [-0.39, 0.29) is 17.2 Å².